The molecule has 1 heterocycles. The number of carbonyl (C=O) groups excluding carboxylic acids is 2. The number of fused-ring (bicyclic) bond motifs is 1. The van der Waals surface area contributed by atoms with Crippen LogP contribution >= 0.6 is 0 Å². The number of urea groups is 1. The predicted molar refractivity (Wildman–Crippen MR) is 77.2 cm³/mol. The molecule has 0 unspecified atom stereocenters. The molecule has 112 valence electrons. The number of anilines is 2. The number of nitrogens with zero attached hydrogens (tertiary/aromatic N) is 1. The number of nitrogens with one attached hydrogen (secondary N) is 2. The van der Waals surface area contributed by atoms with Crippen molar-refractivity contribution in [2.24, 2.45) is 5.92 Å². The fourth-order valence-electron chi connectivity index (χ4n) is 2.14. The van der Waals surface area contributed by atoms with Gasteiger partial charge >= 0.3 is 12.0 Å². The zero-order chi connectivity index (χ0) is 15.6. The van der Waals surface area contributed by atoms with E-state index in [1.54, 1.807) is 38.1 Å². The minimum atomic E-state index is -1.10. The number of carbonyl (C=O) groups is 3. The molecule has 7 nitrogen and oxygen atoms in total. The number of amides is 3. The van der Waals surface area contributed by atoms with Crippen molar-refractivity contribution in [1.82, 2.24) is 5.32 Å². The molecule has 1 aliphatic heterocycles. The van der Waals surface area contributed by atoms with Gasteiger partial charge in [-0.15, -0.1) is 0 Å². The summed E-state index contributed by atoms with van der Waals surface area (Å²) >= 11 is 0. The third-order valence-corrected chi connectivity index (χ3v) is 3.23. The van der Waals surface area contributed by atoms with Crippen LogP contribution in [0.2, 0.25) is 0 Å². The maximum atomic E-state index is 12.3. The number of aliphatic carboxylic acids is 1. The highest BCUT2D eigenvalue weighted by molar-refractivity contribution is 6.09. The largest absolute Gasteiger partial charge is 0.480 e. The van der Waals surface area contributed by atoms with E-state index < -0.39 is 18.0 Å². The first-order chi connectivity index (χ1) is 9.90. The Labute approximate surface area is 121 Å². The fourth-order valence-corrected chi connectivity index (χ4v) is 2.14. The highest BCUT2D eigenvalue weighted by atomic mass is 16.4. The minimum Gasteiger partial charge on any atom is -0.480 e. The summed E-state index contributed by atoms with van der Waals surface area (Å²) in [5.41, 5.74) is 1.07. The van der Waals surface area contributed by atoms with E-state index in [-0.39, 0.29) is 18.4 Å². The summed E-state index contributed by atoms with van der Waals surface area (Å²) in [5.74, 6) is -1.69. The van der Waals surface area contributed by atoms with Gasteiger partial charge in [0.15, 0.2) is 0 Å². The third kappa shape index (κ3) is 3.13. The van der Waals surface area contributed by atoms with Gasteiger partial charge in [-0.05, 0) is 18.1 Å². The molecule has 7 heteroatoms. The molecule has 3 amide bonds. The Balaban J connectivity index is 2.23. The Hall–Kier alpha value is -2.57. The van der Waals surface area contributed by atoms with Gasteiger partial charge in [-0.2, -0.15) is 0 Å². The van der Waals surface area contributed by atoms with Crippen molar-refractivity contribution in [3.05, 3.63) is 24.3 Å². The van der Waals surface area contributed by atoms with E-state index in [4.69, 9.17) is 5.11 Å². The second-order valence-electron chi connectivity index (χ2n) is 5.16. The van der Waals surface area contributed by atoms with Crippen LogP contribution in [-0.2, 0) is 9.59 Å². The van der Waals surface area contributed by atoms with Crippen molar-refractivity contribution in [3.63, 3.8) is 0 Å². The van der Waals surface area contributed by atoms with Crippen LogP contribution in [-0.4, -0.2) is 35.6 Å². The Morgan fingerprint density at radius 1 is 1.33 bits per heavy atom. The molecular weight excluding hydrogens is 274 g/mol. The molecule has 21 heavy (non-hydrogen) atoms. The van der Waals surface area contributed by atoms with Crippen LogP contribution < -0.4 is 15.5 Å². The van der Waals surface area contributed by atoms with Crippen LogP contribution in [0, 0.1) is 5.92 Å². The molecule has 2 rings (SSSR count). The molecule has 0 fully saturated rings. The van der Waals surface area contributed by atoms with Crippen LogP contribution in [0.5, 0.6) is 0 Å². The number of rotatable bonds is 3. The molecule has 0 spiro atoms. The average Bonchev–Trinajstić information content (AvgIpc) is 2.42. The monoisotopic (exact) mass is 291 g/mol. The molecular formula is C14H17N3O4. The maximum absolute atomic E-state index is 12.3. The van der Waals surface area contributed by atoms with E-state index in [1.807, 2.05) is 0 Å². The number of hydrogen-bond donors (Lipinski definition) is 3. The summed E-state index contributed by atoms with van der Waals surface area (Å²) in [4.78, 5) is 36.3. The number of para-hydroxylation sites is 2. The van der Waals surface area contributed by atoms with Gasteiger partial charge in [0.2, 0.25) is 5.91 Å². The first kappa shape index (κ1) is 14.8. The topological polar surface area (TPSA) is 98.7 Å². The van der Waals surface area contributed by atoms with E-state index in [0.29, 0.717) is 11.4 Å². The van der Waals surface area contributed by atoms with Crippen LogP contribution in [0.4, 0.5) is 16.2 Å². The summed E-state index contributed by atoms with van der Waals surface area (Å²) in [6.07, 6.45) is 0. The van der Waals surface area contributed by atoms with Gasteiger partial charge in [0.1, 0.15) is 12.6 Å². The maximum Gasteiger partial charge on any atom is 0.326 e. The molecule has 0 bridgehead atoms. The molecule has 1 aromatic carbocycles. The molecule has 3 N–H and O–H groups in total. The summed E-state index contributed by atoms with van der Waals surface area (Å²) in [6, 6.07) is 5.26. The van der Waals surface area contributed by atoms with Crippen molar-refractivity contribution in [2.75, 3.05) is 16.8 Å². The molecule has 0 saturated heterocycles. The lowest BCUT2D eigenvalue weighted by Crippen LogP contribution is -2.53. The summed E-state index contributed by atoms with van der Waals surface area (Å²) < 4.78 is 0. The van der Waals surface area contributed by atoms with Crippen LogP contribution in [0.25, 0.3) is 0 Å². The molecule has 0 saturated carbocycles. The van der Waals surface area contributed by atoms with E-state index >= 15 is 0 Å². The lowest BCUT2D eigenvalue weighted by Gasteiger charge is -2.30. The standard InChI is InChI=1S/C14H17N3O4/c1-8(2)12(13(19)20)16-14(21)17-7-11(18)15-9-5-3-4-6-10(9)17/h3-6,8,12H,7H2,1-2H3,(H,15,18)(H,16,21)(H,19,20)/t12-/m1/s1. The van der Waals surface area contributed by atoms with Crippen molar-refractivity contribution in [2.45, 2.75) is 19.9 Å². The van der Waals surface area contributed by atoms with Gasteiger partial charge < -0.3 is 15.7 Å². The van der Waals surface area contributed by atoms with Gasteiger partial charge in [0.05, 0.1) is 11.4 Å². The summed E-state index contributed by atoms with van der Waals surface area (Å²) in [5, 5.41) is 14.2. The normalized spacial score (nSPS) is 15.2. The third-order valence-electron chi connectivity index (χ3n) is 3.23. The molecule has 1 atom stereocenters. The Kier molecular flexibility index (Phi) is 4.11. The number of carboxylic acid groups (broad SMARTS) is 1. The van der Waals surface area contributed by atoms with E-state index in [9.17, 15) is 14.4 Å². The van der Waals surface area contributed by atoms with E-state index in [2.05, 4.69) is 10.6 Å². The van der Waals surface area contributed by atoms with Crippen molar-refractivity contribution >= 4 is 29.3 Å². The number of benzene rings is 1. The van der Waals surface area contributed by atoms with Crippen molar-refractivity contribution in [3.8, 4) is 0 Å². The lowest BCUT2D eigenvalue weighted by molar-refractivity contribution is -0.140. The highest BCUT2D eigenvalue weighted by Gasteiger charge is 2.30. The number of hydrogen-bond acceptors (Lipinski definition) is 3. The fraction of sp³-hybridized carbons (Fsp3) is 0.357. The smallest absolute Gasteiger partial charge is 0.326 e. The van der Waals surface area contributed by atoms with Crippen molar-refractivity contribution in [1.29, 1.82) is 0 Å². The van der Waals surface area contributed by atoms with E-state index in [0.717, 1.165) is 0 Å². The van der Waals surface area contributed by atoms with Gasteiger partial charge in [-0.25, -0.2) is 9.59 Å². The van der Waals surface area contributed by atoms with Gasteiger partial charge in [0.25, 0.3) is 0 Å². The molecule has 1 aliphatic rings. The second kappa shape index (κ2) is 5.82. The Morgan fingerprint density at radius 2 is 2.00 bits per heavy atom. The van der Waals surface area contributed by atoms with Crippen LogP contribution in [0.15, 0.2) is 24.3 Å². The van der Waals surface area contributed by atoms with Gasteiger partial charge in [-0.3, -0.25) is 9.69 Å². The first-order valence-corrected chi connectivity index (χ1v) is 6.60. The number of carboxylic acids is 1. The summed E-state index contributed by atoms with van der Waals surface area (Å²) in [7, 11) is 0. The predicted octanol–water partition coefficient (Wildman–Crippen LogP) is 1.26. The second-order valence-corrected chi connectivity index (χ2v) is 5.16. The zero-order valence-corrected chi connectivity index (χ0v) is 11.8. The minimum absolute atomic E-state index is 0.146. The molecule has 0 radical (unpaired) electrons. The van der Waals surface area contributed by atoms with Crippen LogP contribution in [0.1, 0.15) is 13.8 Å². The van der Waals surface area contributed by atoms with Crippen molar-refractivity contribution < 1.29 is 19.5 Å². The lowest BCUT2D eigenvalue weighted by atomic mass is 10.1. The average molecular weight is 291 g/mol. The quantitative estimate of drug-likeness (QED) is 0.780. The van der Waals surface area contributed by atoms with Gasteiger partial charge in [0, 0.05) is 0 Å². The molecule has 1 aromatic rings. The highest BCUT2D eigenvalue weighted by Crippen LogP contribution is 2.28. The Bertz CT molecular complexity index is 585. The van der Waals surface area contributed by atoms with E-state index in [1.165, 1.54) is 4.90 Å². The Morgan fingerprint density at radius 3 is 2.62 bits per heavy atom. The molecule has 0 aromatic heterocycles. The SMILES string of the molecule is CC(C)[C@@H](NC(=O)N1CC(=O)Nc2ccccc21)C(=O)O. The molecule has 0 aliphatic carbocycles. The summed E-state index contributed by atoms with van der Waals surface area (Å²) in [6.45, 7) is 3.26. The first-order valence-electron chi connectivity index (χ1n) is 6.60. The zero-order valence-electron chi connectivity index (χ0n) is 11.8. The van der Waals surface area contributed by atoms with Gasteiger partial charge in [-0.1, -0.05) is 26.0 Å². The van der Waals surface area contributed by atoms with Crippen LogP contribution in [0.3, 0.4) is 0 Å².